The van der Waals surface area contributed by atoms with Crippen LogP contribution in [0.2, 0.25) is 0 Å². The summed E-state index contributed by atoms with van der Waals surface area (Å²) in [4.78, 5) is 22.8. The van der Waals surface area contributed by atoms with E-state index in [9.17, 15) is 4.79 Å². The van der Waals surface area contributed by atoms with Crippen LogP contribution in [0.4, 0.5) is 0 Å². The van der Waals surface area contributed by atoms with Crippen molar-refractivity contribution in [3.63, 3.8) is 0 Å². The number of aromatic nitrogens is 3. The molecule has 5 nitrogen and oxygen atoms in total. The normalized spacial score (nSPS) is 13.8. The Bertz CT molecular complexity index is 1090. The number of rotatable bonds is 2. The second-order valence-corrected chi connectivity index (χ2v) is 6.59. The van der Waals surface area contributed by atoms with Gasteiger partial charge < -0.3 is 9.88 Å². The Labute approximate surface area is 150 Å². The topological polar surface area (TPSA) is 53.9 Å². The highest BCUT2D eigenvalue weighted by Crippen LogP contribution is 2.28. The van der Waals surface area contributed by atoms with Crippen molar-refractivity contribution in [1.82, 2.24) is 19.4 Å². The Morgan fingerprint density at radius 1 is 1.04 bits per heavy atom. The molecule has 5 rings (SSSR count). The van der Waals surface area contributed by atoms with Crippen molar-refractivity contribution in [3.8, 4) is 5.69 Å². The van der Waals surface area contributed by atoms with Gasteiger partial charge >= 0.3 is 0 Å². The molecule has 1 N–H and O–H groups in total. The summed E-state index contributed by atoms with van der Waals surface area (Å²) in [5.41, 5.74) is 5.15. The third-order valence-electron chi connectivity index (χ3n) is 5.06. The fourth-order valence-corrected chi connectivity index (χ4v) is 3.75. The van der Waals surface area contributed by atoms with E-state index < -0.39 is 0 Å². The molecule has 0 saturated heterocycles. The molecule has 4 aromatic rings. The van der Waals surface area contributed by atoms with E-state index in [4.69, 9.17) is 0 Å². The Kier molecular flexibility index (Phi) is 3.38. The van der Waals surface area contributed by atoms with Gasteiger partial charge in [-0.3, -0.25) is 9.36 Å². The fraction of sp³-hybridized carbons (Fsp3) is 0.143. The molecule has 1 aliphatic rings. The van der Waals surface area contributed by atoms with Crippen molar-refractivity contribution in [2.24, 2.45) is 0 Å². The van der Waals surface area contributed by atoms with Crippen LogP contribution in [-0.4, -0.2) is 31.9 Å². The van der Waals surface area contributed by atoms with Gasteiger partial charge in [0.2, 0.25) is 0 Å². The smallest absolute Gasteiger partial charge is 0.272 e. The van der Waals surface area contributed by atoms with Gasteiger partial charge in [0.25, 0.3) is 5.91 Å². The molecule has 1 aliphatic heterocycles. The first-order valence-electron chi connectivity index (χ1n) is 8.77. The first kappa shape index (κ1) is 15.0. The van der Waals surface area contributed by atoms with E-state index >= 15 is 0 Å². The summed E-state index contributed by atoms with van der Waals surface area (Å²) >= 11 is 0. The van der Waals surface area contributed by atoms with Crippen LogP contribution < -0.4 is 0 Å². The number of benzene rings is 2. The second kappa shape index (κ2) is 5.88. The van der Waals surface area contributed by atoms with Crippen molar-refractivity contribution in [1.29, 1.82) is 0 Å². The third kappa shape index (κ3) is 2.32. The highest BCUT2D eigenvalue weighted by atomic mass is 16.2. The maximum Gasteiger partial charge on any atom is 0.272 e. The molecule has 3 heterocycles. The zero-order valence-corrected chi connectivity index (χ0v) is 14.2. The Hall–Kier alpha value is -3.34. The van der Waals surface area contributed by atoms with Crippen molar-refractivity contribution in [2.75, 3.05) is 6.54 Å². The quantitative estimate of drug-likeness (QED) is 0.606. The Morgan fingerprint density at radius 2 is 1.85 bits per heavy atom. The van der Waals surface area contributed by atoms with E-state index in [1.165, 1.54) is 16.6 Å². The number of imidazole rings is 1. The lowest BCUT2D eigenvalue weighted by Gasteiger charge is -2.27. The van der Waals surface area contributed by atoms with E-state index in [1.54, 1.807) is 12.5 Å². The van der Waals surface area contributed by atoms with Gasteiger partial charge in [-0.15, -0.1) is 0 Å². The summed E-state index contributed by atoms with van der Waals surface area (Å²) in [7, 11) is 0. The molecular formula is C21H18N4O. The lowest BCUT2D eigenvalue weighted by atomic mass is 10.0. The second-order valence-electron chi connectivity index (χ2n) is 6.59. The summed E-state index contributed by atoms with van der Waals surface area (Å²) in [6.45, 7) is 1.33. The summed E-state index contributed by atoms with van der Waals surface area (Å²) in [6.07, 6.45) is 4.19. The van der Waals surface area contributed by atoms with E-state index in [1.807, 2.05) is 51.9 Å². The summed E-state index contributed by atoms with van der Waals surface area (Å²) < 4.78 is 1.85. The fourth-order valence-electron chi connectivity index (χ4n) is 3.75. The molecule has 5 heteroatoms. The average molecular weight is 342 g/mol. The van der Waals surface area contributed by atoms with E-state index in [0.717, 1.165) is 17.6 Å². The molecule has 2 aromatic heterocycles. The molecule has 0 atom stereocenters. The third-order valence-corrected chi connectivity index (χ3v) is 5.06. The number of hydrogen-bond donors (Lipinski definition) is 1. The maximum absolute atomic E-state index is 13.2. The number of nitrogens with zero attached hydrogens (tertiary/aromatic N) is 3. The molecule has 2 aromatic carbocycles. The van der Waals surface area contributed by atoms with Crippen LogP contribution in [0.1, 0.15) is 21.7 Å². The monoisotopic (exact) mass is 342 g/mol. The van der Waals surface area contributed by atoms with Gasteiger partial charge in [-0.2, -0.15) is 0 Å². The highest BCUT2D eigenvalue weighted by molar-refractivity contribution is 5.94. The molecule has 0 unspecified atom stereocenters. The molecule has 0 fully saturated rings. The number of nitrogens with one attached hydrogen (secondary N) is 1. The lowest BCUT2D eigenvalue weighted by molar-refractivity contribution is 0.0727. The number of carbonyl (C=O) groups is 1. The van der Waals surface area contributed by atoms with Gasteiger partial charge in [0.1, 0.15) is 5.69 Å². The number of fused-ring (bicyclic) bond motifs is 3. The van der Waals surface area contributed by atoms with Gasteiger partial charge in [-0.1, -0.05) is 36.4 Å². The van der Waals surface area contributed by atoms with Gasteiger partial charge in [0.15, 0.2) is 0 Å². The number of H-pyrrole nitrogens is 1. The van der Waals surface area contributed by atoms with Crippen LogP contribution in [0.3, 0.4) is 0 Å². The first-order valence-corrected chi connectivity index (χ1v) is 8.77. The maximum atomic E-state index is 13.2. The van der Waals surface area contributed by atoms with Gasteiger partial charge in [-0.25, -0.2) is 4.98 Å². The van der Waals surface area contributed by atoms with Crippen LogP contribution in [0.15, 0.2) is 67.1 Å². The zero-order chi connectivity index (χ0) is 17.5. The summed E-state index contributed by atoms with van der Waals surface area (Å²) in [5.74, 6) is 0.0160. The predicted molar refractivity (Wildman–Crippen MR) is 100 cm³/mol. The summed E-state index contributed by atoms with van der Waals surface area (Å²) in [6, 6.07) is 18.1. The highest BCUT2D eigenvalue weighted by Gasteiger charge is 2.26. The largest absolute Gasteiger partial charge is 0.358 e. The number of aromatic amines is 1. The minimum atomic E-state index is 0.0160. The molecule has 0 saturated carbocycles. The van der Waals surface area contributed by atoms with Crippen molar-refractivity contribution >= 4 is 16.8 Å². The number of para-hydroxylation sites is 2. The van der Waals surface area contributed by atoms with Crippen LogP contribution in [0.5, 0.6) is 0 Å². The average Bonchev–Trinajstić information content (AvgIpc) is 3.32. The number of amides is 1. The number of hydrogen-bond acceptors (Lipinski definition) is 2. The molecule has 1 amide bonds. The minimum Gasteiger partial charge on any atom is -0.358 e. The molecule has 0 radical (unpaired) electrons. The number of carbonyl (C=O) groups excluding carboxylic acids is 1. The lowest BCUT2D eigenvalue weighted by Crippen LogP contribution is -2.36. The standard InChI is InChI=1S/C21H18N4O/c26-21(20-12-22-14-25(20)15-6-2-1-3-7-15)24-11-10-19-17(13-24)16-8-4-5-9-18(16)23-19/h1-9,12,14,23H,10-11,13H2. The predicted octanol–water partition coefficient (Wildman–Crippen LogP) is 3.55. The van der Waals surface area contributed by atoms with Gasteiger partial charge in [-0.05, 0) is 18.2 Å². The molecule has 0 bridgehead atoms. The Balaban J connectivity index is 1.49. The van der Waals surface area contributed by atoms with E-state index in [2.05, 4.69) is 22.1 Å². The van der Waals surface area contributed by atoms with Gasteiger partial charge in [0.05, 0.1) is 12.5 Å². The minimum absolute atomic E-state index is 0.0160. The Morgan fingerprint density at radius 3 is 2.73 bits per heavy atom. The van der Waals surface area contributed by atoms with E-state index in [0.29, 0.717) is 18.8 Å². The van der Waals surface area contributed by atoms with Crippen LogP contribution >= 0.6 is 0 Å². The zero-order valence-electron chi connectivity index (χ0n) is 14.2. The van der Waals surface area contributed by atoms with Crippen LogP contribution in [-0.2, 0) is 13.0 Å². The van der Waals surface area contributed by atoms with Crippen molar-refractivity contribution in [2.45, 2.75) is 13.0 Å². The molecule has 26 heavy (non-hydrogen) atoms. The van der Waals surface area contributed by atoms with E-state index in [-0.39, 0.29) is 5.91 Å². The van der Waals surface area contributed by atoms with Crippen molar-refractivity contribution < 1.29 is 4.79 Å². The molecule has 0 spiro atoms. The molecular weight excluding hydrogens is 324 g/mol. The first-order chi connectivity index (χ1) is 12.8. The SMILES string of the molecule is O=C(c1cncn1-c1ccccc1)N1CCc2[nH]c3ccccc3c2C1. The van der Waals surface area contributed by atoms with Crippen LogP contribution in [0.25, 0.3) is 16.6 Å². The van der Waals surface area contributed by atoms with Gasteiger partial charge in [0, 0.05) is 47.4 Å². The molecule has 128 valence electrons. The van der Waals surface area contributed by atoms with Crippen LogP contribution in [0, 0.1) is 0 Å². The summed E-state index contributed by atoms with van der Waals surface area (Å²) in [5, 5.41) is 1.21. The van der Waals surface area contributed by atoms with Crippen molar-refractivity contribution in [3.05, 3.63) is 84.1 Å². The molecule has 0 aliphatic carbocycles.